The van der Waals surface area contributed by atoms with Crippen LogP contribution in [0.15, 0.2) is 42.5 Å². The van der Waals surface area contributed by atoms with E-state index in [-0.39, 0.29) is 24.9 Å². The van der Waals surface area contributed by atoms with E-state index in [9.17, 15) is 9.18 Å². The third kappa shape index (κ3) is 4.03. The van der Waals surface area contributed by atoms with Crippen LogP contribution >= 0.6 is 0 Å². The van der Waals surface area contributed by atoms with E-state index in [4.69, 9.17) is 9.84 Å². The van der Waals surface area contributed by atoms with E-state index in [1.165, 1.54) is 18.2 Å². The van der Waals surface area contributed by atoms with E-state index in [0.717, 1.165) is 5.56 Å². The Bertz CT molecular complexity index is 643. The van der Waals surface area contributed by atoms with Crippen molar-refractivity contribution in [2.45, 2.75) is 13.5 Å². The molecule has 1 amide bonds. The number of ether oxygens (including phenoxy) is 1. The van der Waals surface area contributed by atoms with Crippen LogP contribution in [0.5, 0.6) is 5.75 Å². The van der Waals surface area contributed by atoms with Crippen LogP contribution in [-0.4, -0.2) is 17.6 Å². The Kier molecular flexibility index (Phi) is 4.90. The smallest absolute Gasteiger partial charge is 0.262 e. The number of para-hydroxylation sites is 1. The number of aliphatic hydroxyl groups excluding tert-OH is 1. The molecule has 5 heteroatoms. The molecule has 0 saturated heterocycles. The normalized spacial score (nSPS) is 10.2. The van der Waals surface area contributed by atoms with Crippen molar-refractivity contribution in [3.8, 4) is 5.75 Å². The summed E-state index contributed by atoms with van der Waals surface area (Å²) in [5.74, 6) is -0.993. The lowest BCUT2D eigenvalue weighted by molar-refractivity contribution is -0.118. The molecule has 2 aromatic carbocycles. The number of hydrogen-bond acceptors (Lipinski definition) is 3. The van der Waals surface area contributed by atoms with Crippen LogP contribution in [0.2, 0.25) is 0 Å². The molecule has 0 bridgehead atoms. The van der Waals surface area contributed by atoms with Gasteiger partial charge in [-0.1, -0.05) is 24.3 Å². The number of rotatable bonds is 5. The Hall–Kier alpha value is -2.40. The van der Waals surface area contributed by atoms with Gasteiger partial charge in [-0.2, -0.15) is 0 Å². The van der Waals surface area contributed by atoms with Gasteiger partial charge in [-0.25, -0.2) is 4.39 Å². The molecular formula is C16H16FNO3. The van der Waals surface area contributed by atoms with Crippen LogP contribution in [-0.2, 0) is 11.4 Å². The van der Waals surface area contributed by atoms with Gasteiger partial charge in [0.25, 0.3) is 5.91 Å². The molecule has 0 spiro atoms. The number of aliphatic hydroxyl groups is 1. The largest absolute Gasteiger partial charge is 0.481 e. The van der Waals surface area contributed by atoms with Crippen LogP contribution < -0.4 is 10.1 Å². The van der Waals surface area contributed by atoms with Crippen molar-refractivity contribution in [2.24, 2.45) is 0 Å². The van der Waals surface area contributed by atoms with E-state index in [2.05, 4.69) is 5.32 Å². The second kappa shape index (κ2) is 6.85. The topological polar surface area (TPSA) is 58.6 Å². The number of halogens is 1. The van der Waals surface area contributed by atoms with Crippen molar-refractivity contribution in [3.05, 3.63) is 59.4 Å². The standard InChI is InChI=1S/C16H16FNO3/c1-11-4-2-3-5-14(11)18-16(20)10-21-15-7-6-12(9-19)8-13(15)17/h2-8,19H,9-10H2,1H3,(H,18,20). The number of carbonyl (C=O) groups excluding carboxylic acids is 1. The molecule has 2 aromatic rings. The lowest BCUT2D eigenvalue weighted by Gasteiger charge is -2.10. The van der Waals surface area contributed by atoms with Gasteiger partial charge in [-0.15, -0.1) is 0 Å². The SMILES string of the molecule is Cc1ccccc1NC(=O)COc1ccc(CO)cc1F. The van der Waals surface area contributed by atoms with Crippen LogP contribution in [0.3, 0.4) is 0 Å². The van der Waals surface area contributed by atoms with Crippen molar-refractivity contribution in [2.75, 3.05) is 11.9 Å². The van der Waals surface area contributed by atoms with Gasteiger partial charge in [0, 0.05) is 5.69 Å². The summed E-state index contributed by atoms with van der Waals surface area (Å²) in [6.07, 6.45) is 0. The molecule has 0 aliphatic carbocycles. The third-order valence-electron chi connectivity index (χ3n) is 2.96. The first-order chi connectivity index (χ1) is 10.1. The minimum Gasteiger partial charge on any atom is -0.481 e. The fraction of sp³-hybridized carbons (Fsp3) is 0.188. The van der Waals surface area contributed by atoms with E-state index in [1.807, 2.05) is 25.1 Å². The van der Waals surface area contributed by atoms with Crippen molar-refractivity contribution >= 4 is 11.6 Å². The molecule has 0 saturated carbocycles. The summed E-state index contributed by atoms with van der Waals surface area (Å²) in [5, 5.41) is 11.6. The maximum absolute atomic E-state index is 13.6. The molecule has 110 valence electrons. The molecule has 0 aliphatic heterocycles. The van der Waals surface area contributed by atoms with Crippen molar-refractivity contribution < 1.29 is 19.0 Å². The number of anilines is 1. The highest BCUT2D eigenvalue weighted by Crippen LogP contribution is 2.18. The summed E-state index contributed by atoms with van der Waals surface area (Å²) < 4.78 is 18.8. The first kappa shape index (κ1) is 15.0. The number of amides is 1. The number of carbonyl (C=O) groups is 1. The van der Waals surface area contributed by atoms with Gasteiger partial charge >= 0.3 is 0 Å². The van der Waals surface area contributed by atoms with E-state index >= 15 is 0 Å². The molecule has 2 N–H and O–H groups in total. The molecule has 0 fully saturated rings. The average molecular weight is 289 g/mol. The number of benzene rings is 2. The Morgan fingerprint density at radius 3 is 2.71 bits per heavy atom. The van der Waals surface area contributed by atoms with Gasteiger partial charge < -0.3 is 15.2 Å². The second-order valence-corrected chi connectivity index (χ2v) is 4.57. The quantitative estimate of drug-likeness (QED) is 0.889. The maximum atomic E-state index is 13.6. The zero-order valence-electron chi connectivity index (χ0n) is 11.6. The maximum Gasteiger partial charge on any atom is 0.262 e. The summed E-state index contributed by atoms with van der Waals surface area (Å²) in [6.45, 7) is 1.35. The lowest BCUT2D eigenvalue weighted by atomic mass is 10.2. The monoisotopic (exact) mass is 289 g/mol. The molecule has 0 atom stereocenters. The number of aryl methyl sites for hydroxylation is 1. The fourth-order valence-electron chi connectivity index (χ4n) is 1.80. The fourth-order valence-corrected chi connectivity index (χ4v) is 1.80. The molecule has 4 nitrogen and oxygen atoms in total. The van der Waals surface area contributed by atoms with E-state index in [0.29, 0.717) is 11.3 Å². The molecule has 21 heavy (non-hydrogen) atoms. The number of hydrogen-bond donors (Lipinski definition) is 2. The minimum absolute atomic E-state index is 0.0212. The Labute approximate surface area is 122 Å². The Morgan fingerprint density at radius 1 is 1.29 bits per heavy atom. The Morgan fingerprint density at radius 2 is 2.05 bits per heavy atom. The third-order valence-corrected chi connectivity index (χ3v) is 2.96. The van der Waals surface area contributed by atoms with Crippen molar-refractivity contribution in [1.29, 1.82) is 0 Å². The highest BCUT2D eigenvalue weighted by molar-refractivity contribution is 5.92. The van der Waals surface area contributed by atoms with Crippen LogP contribution in [0.25, 0.3) is 0 Å². The van der Waals surface area contributed by atoms with Crippen molar-refractivity contribution in [3.63, 3.8) is 0 Å². The van der Waals surface area contributed by atoms with Gasteiger partial charge in [-0.3, -0.25) is 4.79 Å². The van der Waals surface area contributed by atoms with Crippen LogP contribution in [0.4, 0.5) is 10.1 Å². The van der Waals surface area contributed by atoms with E-state index < -0.39 is 5.82 Å². The predicted octanol–water partition coefficient (Wildman–Crippen LogP) is 2.64. The highest BCUT2D eigenvalue weighted by atomic mass is 19.1. The summed E-state index contributed by atoms with van der Waals surface area (Å²) in [4.78, 5) is 11.8. The average Bonchev–Trinajstić information content (AvgIpc) is 2.48. The summed E-state index contributed by atoms with van der Waals surface area (Å²) in [7, 11) is 0. The first-order valence-corrected chi connectivity index (χ1v) is 6.47. The molecule has 0 aliphatic rings. The summed E-state index contributed by atoms with van der Waals surface area (Å²) >= 11 is 0. The summed E-state index contributed by atoms with van der Waals surface area (Å²) in [5.41, 5.74) is 2.08. The van der Waals surface area contributed by atoms with Gasteiger partial charge in [-0.05, 0) is 36.2 Å². The predicted molar refractivity (Wildman–Crippen MR) is 77.6 cm³/mol. The first-order valence-electron chi connectivity index (χ1n) is 6.47. The second-order valence-electron chi connectivity index (χ2n) is 4.57. The molecule has 0 radical (unpaired) electrons. The molecule has 0 aromatic heterocycles. The Balaban J connectivity index is 1.94. The van der Waals surface area contributed by atoms with E-state index in [1.54, 1.807) is 6.07 Å². The van der Waals surface area contributed by atoms with Gasteiger partial charge in [0.15, 0.2) is 18.2 Å². The number of nitrogens with one attached hydrogen (secondary N) is 1. The zero-order chi connectivity index (χ0) is 15.2. The van der Waals surface area contributed by atoms with Gasteiger partial charge in [0.05, 0.1) is 6.61 Å². The minimum atomic E-state index is -0.606. The van der Waals surface area contributed by atoms with Crippen LogP contribution in [0, 0.1) is 12.7 Å². The van der Waals surface area contributed by atoms with Gasteiger partial charge in [0.1, 0.15) is 0 Å². The van der Waals surface area contributed by atoms with Crippen LogP contribution in [0.1, 0.15) is 11.1 Å². The summed E-state index contributed by atoms with van der Waals surface area (Å²) in [6, 6.07) is 11.5. The molecule has 0 unspecified atom stereocenters. The molecule has 2 rings (SSSR count). The lowest BCUT2D eigenvalue weighted by Crippen LogP contribution is -2.21. The highest BCUT2D eigenvalue weighted by Gasteiger charge is 2.09. The van der Waals surface area contributed by atoms with Crippen molar-refractivity contribution in [1.82, 2.24) is 0 Å². The molecule has 0 heterocycles. The molecular weight excluding hydrogens is 273 g/mol. The van der Waals surface area contributed by atoms with Gasteiger partial charge in [0.2, 0.25) is 0 Å². The zero-order valence-corrected chi connectivity index (χ0v) is 11.6.